The molecule has 0 spiro atoms. The smallest absolute Gasteiger partial charge is 0.346 e. The van der Waals surface area contributed by atoms with Gasteiger partial charge in [0.25, 0.3) is 0 Å². The van der Waals surface area contributed by atoms with E-state index in [4.69, 9.17) is 4.74 Å². The van der Waals surface area contributed by atoms with Crippen LogP contribution >= 0.6 is 0 Å². The van der Waals surface area contributed by atoms with E-state index in [1.807, 2.05) is 20.8 Å². The summed E-state index contributed by atoms with van der Waals surface area (Å²) in [5.41, 5.74) is -1.56. The maximum atomic E-state index is 11.2. The van der Waals surface area contributed by atoms with Gasteiger partial charge in [0.05, 0.1) is 12.0 Å². The van der Waals surface area contributed by atoms with Gasteiger partial charge in [0, 0.05) is 0 Å². The fraction of sp³-hybridized carbons (Fsp3) is 0.778. The maximum absolute atomic E-state index is 11.2. The minimum absolute atomic E-state index is 0.00308. The maximum Gasteiger partial charge on any atom is 0.346 e. The summed E-state index contributed by atoms with van der Waals surface area (Å²) in [6.45, 7) is 7.06. The molecule has 4 heteroatoms. The predicted molar refractivity (Wildman–Crippen MR) is 45.0 cm³/mol. The first-order chi connectivity index (χ1) is 5.73. The summed E-state index contributed by atoms with van der Waals surface area (Å²) < 4.78 is 9.89. The van der Waals surface area contributed by atoms with Crippen molar-refractivity contribution < 1.29 is 19.1 Å². The molecule has 0 saturated carbocycles. The Morgan fingerprint density at radius 2 is 1.92 bits per heavy atom. The highest BCUT2D eigenvalue weighted by atomic mass is 16.6. The molecule has 0 N–H and O–H groups in total. The van der Waals surface area contributed by atoms with Gasteiger partial charge in [0.2, 0.25) is 0 Å². The Kier molecular flexibility index (Phi) is 2.20. The van der Waals surface area contributed by atoms with E-state index in [-0.39, 0.29) is 6.42 Å². The average molecular weight is 186 g/mol. The topological polar surface area (TPSA) is 52.6 Å². The summed E-state index contributed by atoms with van der Waals surface area (Å²) in [7, 11) is 0. The first-order valence-electron chi connectivity index (χ1n) is 4.18. The van der Waals surface area contributed by atoms with Gasteiger partial charge in [-0.05, 0) is 27.7 Å². The molecule has 1 fully saturated rings. The van der Waals surface area contributed by atoms with Gasteiger partial charge in [-0.1, -0.05) is 0 Å². The van der Waals surface area contributed by atoms with Crippen LogP contribution in [0.1, 0.15) is 34.1 Å². The lowest BCUT2D eigenvalue weighted by Gasteiger charge is -2.29. The third-order valence-corrected chi connectivity index (χ3v) is 1.65. The number of ether oxygens (including phenoxy) is 2. The van der Waals surface area contributed by atoms with E-state index < -0.39 is 23.1 Å². The van der Waals surface area contributed by atoms with Crippen LogP contribution in [0.2, 0.25) is 0 Å². The monoisotopic (exact) mass is 186 g/mol. The Morgan fingerprint density at radius 3 is 2.23 bits per heavy atom. The van der Waals surface area contributed by atoms with Crippen molar-refractivity contribution in [2.24, 2.45) is 0 Å². The highest BCUT2D eigenvalue weighted by molar-refractivity contribution is 5.99. The molecule has 13 heavy (non-hydrogen) atoms. The second kappa shape index (κ2) is 2.80. The van der Waals surface area contributed by atoms with E-state index in [1.165, 1.54) is 0 Å². The fourth-order valence-electron chi connectivity index (χ4n) is 1.35. The SMILES string of the molecule is CC(C)(C)OC1(C)CC(=O)OC1=O. The molecule has 0 radical (unpaired) electrons. The van der Waals surface area contributed by atoms with Crippen molar-refractivity contribution >= 4 is 11.9 Å². The number of cyclic esters (lactones) is 2. The summed E-state index contributed by atoms with van der Waals surface area (Å²) in [6.07, 6.45) is 0.00308. The number of esters is 2. The Balaban J connectivity index is 2.77. The van der Waals surface area contributed by atoms with Crippen molar-refractivity contribution in [2.45, 2.75) is 45.3 Å². The zero-order valence-electron chi connectivity index (χ0n) is 8.34. The number of hydrogen-bond acceptors (Lipinski definition) is 4. The highest BCUT2D eigenvalue weighted by Gasteiger charge is 2.48. The van der Waals surface area contributed by atoms with Crippen LogP contribution in [0.15, 0.2) is 0 Å². The molecule has 1 unspecified atom stereocenters. The molecule has 4 nitrogen and oxygen atoms in total. The van der Waals surface area contributed by atoms with Crippen LogP contribution in [0.25, 0.3) is 0 Å². The molecule has 0 aromatic carbocycles. The van der Waals surface area contributed by atoms with E-state index in [9.17, 15) is 9.59 Å². The second-order valence-electron chi connectivity index (χ2n) is 4.38. The third-order valence-electron chi connectivity index (χ3n) is 1.65. The molecule has 74 valence electrons. The number of hydrogen-bond donors (Lipinski definition) is 0. The van der Waals surface area contributed by atoms with Gasteiger partial charge in [0.15, 0.2) is 5.60 Å². The Hall–Kier alpha value is -0.900. The first-order valence-corrected chi connectivity index (χ1v) is 4.18. The Bertz CT molecular complexity index is 251. The normalized spacial score (nSPS) is 29.2. The Labute approximate surface area is 77.2 Å². The molecule has 0 bridgehead atoms. The predicted octanol–water partition coefficient (Wildman–Crippen LogP) is 1.03. The zero-order chi connectivity index (χ0) is 10.3. The minimum Gasteiger partial charge on any atom is -0.391 e. The van der Waals surface area contributed by atoms with E-state index in [0.29, 0.717) is 0 Å². The van der Waals surface area contributed by atoms with Crippen LogP contribution < -0.4 is 0 Å². The van der Waals surface area contributed by atoms with Gasteiger partial charge in [0.1, 0.15) is 0 Å². The number of carbonyl (C=O) groups excluding carboxylic acids is 2. The Morgan fingerprint density at radius 1 is 1.38 bits per heavy atom. The summed E-state index contributed by atoms with van der Waals surface area (Å²) in [6, 6.07) is 0. The van der Waals surface area contributed by atoms with Crippen LogP contribution in [-0.2, 0) is 19.1 Å². The summed E-state index contributed by atoms with van der Waals surface area (Å²) >= 11 is 0. The summed E-state index contributed by atoms with van der Waals surface area (Å²) in [5.74, 6) is -1.11. The molecule has 1 aliphatic rings. The lowest BCUT2D eigenvalue weighted by molar-refractivity contribution is -0.172. The lowest BCUT2D eigenvalue weighted by Crippen LogP contribution is -2.41. The molecule has 1 heterocycles. The van der Waals surface area contributed by atoms with Crippen molar-refractivity contribution in [2.75, 3.05) is 0 Å². The van der Waals surface area contributed by atoms with Crippen molar-refractivity contribution in [3.05, 3.63) is 0 Å². The quantitative estimate of drug-likeness (QED) is 0.453. The van der Waals surface area contributed by atoms with Gasteiger partial charge < -0.3 is 9.47 Å². The standard InChI is InChI=1S/C9H14O4/c1-8(2,3)13-9(4)5-6(10)12-7(9)11/h5H2,1-4H3. The molecule has 1 atom stereocenters. The van der Waals surface area contributed by atoms with Gasteiger partial charge in [-0.3, -0.25) is 4.79 Å². The third kappa shape index (κ3) is 2.28. The summed E-state index contributed by atoms with van der Waals surface area (Å²) in [4.78, 5) is 22.0. The van der Waals surface area contributed by atoms with Crippen molar-refractivity contribution in [1.82, 2.24) is 0 Å². The van der Waals surface area contributed by atoms with E-state index in [0.717, 1.165) is 0 Å². The molecule has 0 aromatic rings. The van der Waals surface area contributed by atoms with E-state index in [1.54, 1.807) is 6.92 Å². The van der Waals surface area contributed by atoms with Crippen molar-refractivity contribution in [1.29, 1.82) is 0 Å². The molecule has 0 amide bonds. The summed E-state index contributed by atoms with van der Waals surface area (Å²) in [5, 5.41) is 0. The molecule has 0 aromatic heterocycles. The van der Waals surface area contributed by atoms with Crippen LogP contribution in [0.5, 0.6) is 0 Å². The highest BCUT2D eigenvalue weighted by Crippen LogP contribution is 2.29. The zero-order valence-corrected chi connectivity index (χ0v) is 8.34. The molecule has 1 rings (SSSR count). The largest absolute Gasteiger partial charge is 0.391 e. The molecular formula is C9H14O4. The molecule has 1 saturated heterocycles. The van der Waals surface area contributed by atoms with Gasteiger partial charge in [-0.15, -0.1) is 0 Å². The van der Waals surface area contributed by atoms with E-state index >= 15 is 0 Å². The molecule has 0 aliphatic carbocycles. The molecule has 1 aliphatic heterocycles. The van der Waals surface area contributed by atoms with Crippen LogP contribution in [0.3, 0.4) is 0 Å². The fourth-order valence-corrected chi connectivity index (χ4v) is 1.35. The van der Waals surface area contributed by atoms with Crippen LogP contribution in [0.4, 0.5) is 0 Å². The van der Waals surface area contributed by atoms with Crippen molar-refractivity contribution in [3.63, 3.8) is 0 Å². The minimum atomic E-state index is -1.10. The first kappa shape index (κ1) is 10.2. The van der Waals surface area contributed by atoms with Crippen LogP contribution in [0, 0.1) is 0 Å². The van der Waals surface area contributed by atoms with Crippen LogP contribution in [-0.4, -0.2) is 23.1 Å². The number of rotatable bonds is 1. The van der Waals surface area contributed by atoms with Gasteiger partial charge in [-0.25, -0.2) is 4.79 Å². The lowest BCUT2D eigenvalue weighted by atomic mass is 10.0. The van der Waals surface area contributed by atoms with Gasteiger partial charge >= 0.3 is 11.9 Å². The molecular weight excluding hydrogens is 172 g/mol. The average Bonchev–Trinajstić information content (AvgIpc) is 2.00. The van der Waals surface area contributed by atoms with Gasteiger partial charge in [-0.2, -0.15) is 0 Å². The van der Waals surface area contributed by atoms with E-state index in [2.05, 4.69) is 4.74 Å². The van der Waals surface area contributed by atoms with Crippen molar-refractivity contribution in [3.8, 4) is 0 Å². The second-order valence-corrected chi connectivity index (χ2v) is 4.38. The number of carbonyl (C=O) groups is 2.